The maximum absolute atomic E-state index is 11.8. The number of anilines is 1. The third-order valence-electron chi connectivity index (χ3n) is 3.24. The molecule has 0 aromatic heterocycles. The minimum atomic E-state index is 0.193. The lowest BCUT2D eigenvalue weighted by Crippen LogP contribution is -2.46. The van der Waals surface area contributed by atoms with Crippen molar-refractivity contribution in [2.45, 2.75) is 12.5 Å². The summed E-state index contributed by atoms with van der Waals surface area (Å²) < 4.78 is 1.18. The van der Waals surface area contributed by atoms with Gasteiger partial charge in [0.05, 0.1) is 12.5 Å². The maximum Gasteiger partial charge on any atom is 0.230 e. The Labute approximate surface area is 120 Å². The van der Waals surface area contributed by atoms with E-state index in [2.05, 4.69) is 34.7 Å². The fourth-order valence-corrected chi connectivity index (χ4v) is 2.64. The van der Waals surface area contributed by atoms with Gasteiger partial charge in [-0.2, -0.15) is 0 Å². The van der Waals surface area contributed by atoms with Crippen LogP contribution in [0.2, 0.25) is 0 Å². The molecule has 0 saturated carbocycles. The van der Waals surface area contributed by atoms with Gasteiger partial charge in [0.25, 0.3) is 0 Å². The molecule has 3 heteroatoms. The Morgan fingerprint density at radius 2 is 1.67 bits per heavy atom. The van der Waals surface area contributed by atoms with Crippen LogP contribution in [-0.2, 0) is 4.79 Å². The zero-order valence-electron chi connectivity index (χ0n) is 9.71. The van der Waals surface area contributed by atoms with Crippen LogP contribution < -0.4 is 4.90 Å². The zero-order valence-corrected chi connectivity index (χ0v) is 11.9. The molecule has 0 N–H and O–H groups in total. The van der Waals surface area contributed by atoms with Crippen molar-refractivity contribution >= 4 is 34.2 Å². The van der Waals surface area contributed by atoms with Crippen LogP contribution in [0, 0.1) is 3.57 Å². The first-order valence-electron chi connectivity index (χ1n) is 5.88. The number of carbonyl (C=O) groups excluding carboxylic acids is 1. The summed E-state index contributed by atoms with van der Waals surface area (Å²) in [6.45, 7) is 0. The van der Waals surface area contributed by atoms with Crippen molar-refractivity contribution in [2.24, 2.45) is 0 Å². The second-order valence-electron chi connectivity index (χ2n) is 4.37. The maximum atomic E-state index is 11.8. The Hall–Kier alpha value is -1.36. The van der Waals surface area contributed by atoms with E-state index < -0.39 is 0 Å². The van der Waals surface area contributed by atoms with Gasteiger partial charge in [0, 0.05) is 9.26 Å². The van der Waals surface area contributed by atoms with Crippen molar-refractivity contribution in [1.82, 2.24) is 0 Å². The highest BCUT2D eigenvalue weighted by atomic mass is 127. The molecule has 90 valence electrons. The topological polar surface area (TPSA) is 20.3 Å². The van der Waals surface area contributed by atoms with Crippen LogP contribution >= 0.6 is 22.6 Å². The van der Waals surface area contributed by atoms with Crippen LogP contribution in [0.1, 0.15) is 18.0 Å². The van der Waals surface area contributed by atoms with Gasteiger partial charge in [-0.3, -0.25) is 4.79 Å². The summed E-state index contributed by atoms with van der Waals surface area (Å²) in [6, 6.07) is 18.5. The molecule has 0 bridgehead atoms. The monoisotopic (exact) mass is 349 g/mol. The summed E-state index contributed by atoms with van der Waals surface area (Å²) in [5.74, 6) is 0.199. The quantitative estimate of drug-likeness (QED) is 0.597. The summed E-state index contributed by atoms with van der Waals surface area (Å²) >= 11 is 2.27. The molecule has 3 rings (SSSR count). The van der Waals surface area contributed by atoms with Crippen LogP contribution in [0.3, 0.4) is 0 Å². The molecule has 18 heavy (non-hydrogen) atoms. The van der Waals surface area contributed by atoms with E-state index in [9.17, 15) is 4.79 Å². The molecule has 2 nitrogen and oxygen atoms in total. The number of rotatable bonds is 2. The van der Waals surface area contributed by atoms with Crippen LogP contribution in [0.5, 0.6) is 0 Å². The van der Waals surface area contributed by atoms with Gasteiger partial charge in [-0.05, 0) is 52.4 Å². The molecule has 0 radical (unpaired) electrons. The number of carbonyl (C=O) groups is 1. The largest absolute Gasteiger partial charge is 0.304 e. The van der Waals surface area contributed by atoms with E-state index in [0.717, 1.165) is 5.69 Å². The highest BCUT2D eigenvalue weighted by molar-refractivity contribution is 14.1. The van der Waals surface area contributed by atoms with Gasteiger partial charge in [0.2, 0.25) is 5.91 Å². The van der Waals surface area contributed by atoms with Gasteiger partial charge in [0.1, 0.15) is 0 Å². The second kappa shape index (κ2) is 4.72. The third-order valence-corrected chi connectivity index (χ3v) is 3.96. The minimum absolute atomic E-state index is 0.193. The number of hydrogen-bond donors (Lipinski definition) is 0. The lowest BCUT2D eigenvalue weighted by molar-refractivity contribution is -0.124. The number of nitrogens with zero attached hydrogens (tertiary/aromatic N) is 1. The fourth-order valence-electron chi connectivity index (χ4n) is 2.28. The summed E-state index contributed by atoms with van der Waals surface area (Å²) in [7, 11) is 0. The molecule has 1 aliphatic rings. The highest BCUT2D eigenvalue weighted by Gasteiger charge is 2.37. The third kappa shape index (κ3) is 2.03. The predicted octanol–water partition coefficient (Wildman–Crippen LogP) is 3.77. The van der Waals surface area contributed by atoms with Gasteiger partial charge in [-0.15, -0.1) is 0 Å². The molecule has 2 aromatic carbocycles. The van der Waals surface area contributed by atoms with Crippen molar-refractivity contribution in [3.63, 3.8) is 0 Å². The van der Waals surface area contributed by atoms with E-state index >= 15 is 0 Å². The average Bonchev–Trinajstić information content (AvgIpc) is 2.39. The molecule has 0 aliphatic carbocycles. The van der Waals surface area contributed by atoms with Crippen molar-refractivity contribution in [1.29, 1.82) is 0 Å². The molecule has 1 aliphatic heterocycles. The van der Waals surface area contributed by atoms with Crippen molar-refractivity contribution < 1.29 is 4.79 Å². The predicted molar refractivity (Wildman–Crippen MR) is 80.4 cm³/mol. The van der Waals surface area contributed by atoms with Gasteiger partial charge in [-0.1, -0.05) is 30.3 Å². The first kappa shape index (κ1) is 11.7. The molecule has 2 aromatic rings. The number of benzene rings is 2. The fraction of sp³-hybridized carbons (Fsp3) is 0.133. The normalized spacial score (nSPS) is 18.6. The molecule has 1 atom stereocenters. The summed E-state index contributed by atoms with van der Waals surface area (Å²) in [4.78, 5) is 13.7. The van der Waals surface area contributed by atoms with E-state index in [-0.39, 0.29) is 11.9 Å². The number of halogens is 1. The summed E-state index contributed by atoms with van der Waals surface area (Å²) in [6.07, 6.45) is 0.607. The Kier molecular flexibility index (Phi) is 3.07. The number of hydrogen-bond acceptors (Lipinski definition) is 1. The van der Waals surface area contributed by atoms with E-state index in [1.807, 2.05) is 47.4 Å². The smallest absolute Gasteiger partial charge is 0.230 e. The molecular weight excluding hydrogens is 337 g/mol. The molecule has 1 unspecified atom stereocenters. The molecule has 1 saturated heterocycles. The molecule has 1 amide bonds. The Bertz CT molecular complexity index is 565. The van der Waals surface area contributed by atoms with Crippen LogP contribution in [0.25, 0.3) is 0 Å². The van der Waals surface area contributed by atoms with Crippen LogP contribution in [-0.4, -0.2) is 5.91 Å². The first-order chi connectivity index (χ1) is 8.75. The molecule has 1 fully saturated rings. The summed E-state index contributed by atoms with van der Waals surface area (Å²) in [5.41, 5.74) is 2.19. The van der Waals surface area contributed by atoms with Crippen LogP contribution in [0.15, 0.2) is 54.6 Å². The standard InChI is InChI=1S/C15H12INO/c16-12-6-8-13(9-7-12)17-14(10-15(17)18)11-4-2-1-3-5-11/h1-9,14H,10H2. The van der Waals surface area contributed by atoms with Gasteiger partial charge < -0.3 is 4.90 Å². The van der Waals surface area contributed by atoms with E-state index in [1.54, 1.807) is 0 Å². The van der Waals surface area contributed by atoms with Crippen LogP contribution in [0.4, 0.5) is 5.69 Å². The minimum Gasteiger partial charge on any atom is -0.304 e. The molecule has 1 heterocycles. The Morgan fingerprint density at radius 3 is 2.28 bits per heavy atom. The van der Waals surface area contributed by atoms with Gasteiger partial charge >= 0.3 is 0 Å². The zero-order chi connectivity index (χ0) is 12.5. The number of amides is 1. The lowest BCUT2D eigenvalue weighted by Gasteiger charge is -2.40. The van der Waals surface area contributed by atoms with Gasteiger partial charge in [-0.25, -0.2) is 0 Å². The van der Waals surface area contributed by atoms with Crippen molar-refractivity contribution in [2.75, 3.05) is 4.90 Å². The first-order valence-corrected chi connectivity index (χ1v) is 6.96. The Balaban J connectivity index is 1.91. The van der Waals surface area contributed by atoms with Gasteiger partial charge in [0.15, 0.2) is 0 Å². The van der Waals surface area contributed by atoms with E-state index in [0.29, 0.717) is 6.42 Å². The Morgan fingerprint density at radius 1 is 1.00 bits per heavy atom. The molecular formula is C15H12INO. The van der Waals surface area contributed by atoms with E-state index in [4.69, 9.17) is 0 Å². The molecule has 0 spiro atoms. The SMILES string of the molecule is O=C1CC(c2ccccc2)N1c1ccc(I)cc1. The lowest BCUT2D eigenvalue weighted by atomic mass is 9.93. The highest BCUT2D eigenvalue weighted by Crippen LogP contribution is 2.38. The van der Waals surface area contributed by atoms with Crippen molar-refractivity contribution in [3.8, 4) is 0 Å². The number of β-lactam (4-membered cyclic amide) rings is 1. The second-order valence-corrected chi connectivity index (χ2v) is 5.62. The van der Waals surface area contributed by atoms with E-state index in [1.165, 1.54) is 9.13 Å². The summed E-state index contributed by atoms with van der Waals surface area (Å²) in [5, 5.41) is 0. The average molecular weight is 349 g/mol. The van der Waals surface area contributed by atoms with Crippen molar-refractivity contribution in [3.05, 3.63) is 63.7 Å².